The normalized spacial score (nSPS) is 10.8. The minimum Gasteiger partial charge on any atom is -0.465 e. The predicted octanol–water partition coefficient (Wildman–Crippen LogP) is 6.78. The summed E-state index contributed by atoms with van der Waals surface area (Å²) in [4.78, 5) is 12.6. The standard InChI is InChI=1S/C23H30O2S/c1-3-4-5-6-7-8-9-10-11-12-13-14-17-20-26-22-19-16-15-18-21(22)23(24)25-2/h13-20H,3-9,12H2,1-2H3/b14-13-,20-17+. The van der Waals surface area contributed by atoms with Crippen molar-refractivity contribution >= 4 is 17.7 Å². The molecule has 0 spiro atoms. The number of thioether (sulfide) groups is 1. The highest BCUT2D eigenvalue weighted by molar-refractivity contribution is 8.02. The summed E-state index contributed by atoms with van der Waals surface area (Å²) in [6.07, 6.45) is 15.7. The van der Waals surface area contributed by atoms with E-state index in [4.69, 9.17) is 4.74 Å². The van der Waals surface area contributed by atoms with Crippen LogP contribution in [0, 0.1) is 11.8 Å². The first-order valence-corrected chi connectivity index (χ1v) is 10.3. The van der Waals surface area contributed by atoms with Crippen LogP contribution in [-0.4, -0.2) is 13.1 Å². The molecule has 0 heterocycles. The third-order valence-electron chi connectivity index (χ3n) is 3.81. The van der Waals surface area contributed by atoms with E-state index in [9.17, 15) is 4.79 Å². The van der Waals surface area contributed by atoms with Crippen LogP contribution in [0.3, 0.4) is 0 Å². The molecule has 0 saturated carbocycles. The van der Waals surface area contributed by atoms with Gasteiger partial charge in [-0.1, -0.05) is 87.1 Å². The van der Waals surface area contributed by atoms with Crippen LogP contribution in [0.1, 0.15) is 68.6 Å². The van der Waals surface area contributed by atoms with Gasteiger partial charge in [-0.2, -0.15) is 0 Å². The quantitative estimate of drug-likeness (QED) is 0.141. The predicted molar refractivity (Wildman–Crippen MR) is 112 cm³/mol. The summed E-state index contributed by atoms with van der Waals surface area (Å²) < 4.78 is 4.80. The number of unbranched alkanes of at least 4 members (excludes halogenated alkanes) is 6. The van der Waals surface area contributed by atoms with Crippen LogP contribution in [0.5, 0.6) is 0 Å². The van der Waals surface area contributed by atoms with Crippen LogP contribution < -0.4 is 0 Å². The molecule has 0 aliphatic carbocycles. The van der Waals surface area contributed by atoms with Crippen molar-refractivity contribution in [2.45, 2.75) is 63.2 Å². The molecule has 0 N–H and O–H groups in total. The van der Waals surface area contributed by atoms with E-state index in [0.717, 1.165) is 17.7 Å². The molecule has 0 unspecified atom stereocenters. The fraction of sp³-hybridized carbons (Fsp3) is 0.435. The van der Waals surface area contributed by atoms with Gasteiger partial charge >= 0.3 is 5.97 Å². The van der Waals surface area contributed by atoms with Gasteiger partial charge in [0.25, 0.3) is 0 Å². The molecule has 1 aromatic rings. The monoisotopic (exact) mass is 370 g/mol. The van der Waals surface area contributed by atoms with Crippen molar-refractivity contribution in [3.8, 4) is 11.8 Å². The third kappa shape index (κ3) is 10.2. The van der Waals surface area contributed by atoms with E-state index in [0.29, 0.717) is 5.56 Å². The van der Waals surface area contributed by atoms with Crippen LogP contribution in [-0.2, 0) is 4.74 Å². The highest BCUT2D eigenvalue weighted by Gasteiger charge is 2.09. The molecule has 0 aromatic heterocycles. The van der Waals surface area contributed by atoms with Crippen molar-refractivity contribution in [3.63, 3.8) is 0 Å². The van der Waals surface area contributed by atoms with Gasteiger partial charge in [0.2, 0.25) is 0 Å². The van der Waals surface area contributed by atoms with Gasteiger partial charge in [0.15, 0.2) is 0 Å². The molecule has 0 aliphatic heterocycles. The molecule has 0 aliphatic rings. The summed E-state index contributed by atoms with van der Waals surface area (Å²) in [7, 11) is 1.40. The Morgan fingerprint density at radius 1 is 1.08 bits per heavy atom. The molecule has 26 heavy (non-hydrogen) atoms. The number of carbonyl (C=O) groups excluding carboxylic acids is 1. The average Bonchev–Trinajstić information content (AvgIpc) is 2.68. The van der Waals surface area contributed by atoms with Crippen LogP contribution in [0.4, 0.5) is 0 Å². The second-order valence-corrected chi connectivity index (χ2v) is 6.89. The largest absolute Gasteiger partial charge is 0.465 e. The van der Waals surface area contributed by atoms with Crippen molar-refractivity contribution in [3.05, 3.63) is 53.5 Å². The number of hydrogen-bond acceptors (Lipinski definition) is 3. The summed E-state index contributed by atoms with van der Waals surface area (Å²) in [5.41, 5.74) is 0.592. The molecular formula is C23H30O2S. The minimum atomic E-state index is -0.308. The van der Waals surface area contributed by atoms with Crippen molar-refractivity contribution < 1.29 is 9.53 Å². The Morgan fingerprint density at radius 3 is 2.65 bits per heavy atom. The maximum absolute atomic E-state index is 11.7. The second-order valence-electron chi connectivity index (χ2n) is 5.94. The first kappa shape index (κ1) is 22.1. The van der Waals surface area contributed by atoms with E-state index in [-0.39, 0.29) is 5.97 Å². The highest BCUT2D eigenvalue weighted by Crippen LogP contribution is 2.24. The van der Waals surface area contributed by atoms with Gasteiger partial charge in [0.05, 0.1) is 12.7 Å². The number of hydrogen-bond donors (Lipinski definition) is 0. The van der Waals surface area contributed by atoms with E-state index >= 15 is 0 Å². The smallest absolute Gasteiger partial charge is 0.339 e. The minimum absolute atomic E-state index is 0.308. The number of methoxy groups -OCH3 is 1. The van der Waals surface area contributed by atoms with Gasteiger partial charge in [0.1, 0.15) is 0 Å². The Labute approximate surface area is 163 Å². The molecule has 0 amide bonds. The van der Waals surface area contributed by atoms with Gasteiger partial charge in [-0.15, -0.1) is 5.92 Å². The van der Waals surface area contributed by atoms with Crippen LogP contribution in [0.15, 0.2) is 52.8 Å². The van der Waals surface area contributed by atoms with Crippen LogP contribution >= 0.6 is 11.8 Å². The average molecular weight is 371 g/mol. The van der Waals surface area contributed by atoms with Gasteiger partial charge in [-0.05, 0) is 24.0 Å². The first-order valence-electron chi connectivity index (χ1n) is 9.41. The molecule has 0 radical (unpaired) electrons. The van der Waals surface area contributed by atoms with Crippen molar-refractivity contribution in [2.75, 3.05) is 7.11 Å². The zero-order chi connectivity index (χ0) is 18.9. The third-order valence-corrected chi connectivity index (χ3v) is 4.72. The number of ether oxygens (including phenoxy) is 1. The van der Waals surface area contributed by atoms with Crippen LogP contribution in [0.2, 0.25) is 0 Å². The zero-order valence-electron chi connectivity index (χ0n) is 16.0. The van der Waals surface area contributed by atoms with E-state index < -0.39 is 0 Å². The van der Waals surface area contributed by atoms with Crippen molar-refractivity contribution in [2.24, 2.45) is 0 Å². The lowest BCUT2D eigenvalue weighted by atomic mass is 10.1. The number of benzene rings is 1. The van der Waals surface area contributed by atoms with Crippen molar-refractivity contribution in [1.82, 2.24) is 0 Å². The maximum Gasteiger partial charge on any atom is 0.339 e. The molecule has 0 atom stereocenters. The number of rotatable bonds is 11. The number of esters is 1. The molecule has 0 bridgehead atoms. The Balaban J connectivity index is 2.21. The molecule has 0 saturated heterocycles. The van der Waals surface area contributed by atoms with Gasteiger partial charge in [0, 0.05) is 17.7 Å². The molecule has 1 rings (SSSR count). The summed E-state index contributed by atoms with van der Waals surface area (Å²) in [5, 5.41) is 1.96. The summed E-state index contributed by atoms with van der Waals surface area (Å²) in [5.74, 6) is 6.12. The van der Waals surface area contributed by atoms with Crippen molar-refractivity contribution in [1.29, 1.82) is 0 Å². The Hall–Kier alpha value is -1.92. The summed E-state index contributed by atoms with van der Waals surface area (Å²) in [6, 6.07) is 7.44. The molecule has 140 valence electrons. The fourth-order valence-corrected chi connectivity index (χ4v) is 3.12. The Bertz CT molecular complexity index is 635. The second kappa shape index (κ2) is 15.3. The molecular weight excluding hydrogens is 340 g/mol. The molecule has 2 nitrogen and oxygen atoms in total. The van der Waals surface area contributed by atoms with E-state index in [1.165, 1.54) is 57.4 Å². The first-order chi connectivity index (χ1) is 12.8. The van der Waals surface area contributed by atoms with E-state index in [1.54, 1.807) is 6.07 Å². The lowest BCUT2D eigenvalue weighted by Gasteiger charge is -2.04. The lowest BCUT2D eigenvalue weighted by molar-refractivity contribution is 0.0597. The van der Waals surface area contributed by atoms with Crippen LogP contribution in [0.25, 0.3) is 0 Å². The van der Waals surface area contributed by atoms with Gasteiger partial charge in [-0.3, -0.25) is 0 Å². The van der Waals surface area contributed by atoms with Gasteiger partial charge < -0.3 is 4.74 Å². The Morgan fingerprint density at radius 2 is 1.85 bits per heavy atom. The molecule has 0 fully saturated rings. The molecule has 3 heteroatoms. The highest BCUT2D eigenvalue weighted by atomic mass is 32.2. The maximum atomic E-state index is 11.7. The number of carbonyl (C=O) groups is 1. The summed E-state index contributed by atoms with van der Waals surface area (Å²) >= 11 is 1.50. The molecule has 1 aromatic carbocycles. The van der Waals surface area contributed by atoms with E-state index in [1.807, 2.05) is 35.8 Å². The number of allylic oxidation sites excluding steroid dienone is 3. The Kier molecular flexibility index (Phi) is 13.1. The summed E-state index contributed by atoms with van der Waals surface area (Å²) in [6.45, 7) is 2.24. The van der Waals surface area contributed by atoms with E-state index in [2.05, 4.69) is 24.8 Å². The van der Waals surface area contributed by atoms with Gasteiger partial charge in [-0.25, -0.2) is 4.79 Å². The zero-order valence-corrected chi connectivity index (χ0v) is 16.8. The SMILES string of the molecule is CCCCCCCCC#CC/C=C\C=C\Sc1ccccc1C(=O)OC. The lowest BCUT2D eigenvalue weighted by Crippen LogP contribution is -2.02. The topological polar surface area (TPSA) is 26.3 Å². The fourth-order valence-electron chi connectivity index (χ4n) is 2.37.